The van der Waals surface area contributed by atoms with Crippen LogP contribution in [0.15, 0.2) is 42.7 Å². The maximum absolute atomic E-state index is 12.5. The van der Waals surface area contributed by atoms with Crippen molar-refractivity contribution >= 4 is 5.91 Å². The Labute approximate surface area is 136 Å². The lowest BCUT2D eigenvalue weighted by Crippen LogP contribution is -2.40. The summed E-state index contributed by atoms with van der Waals surface area (Å²) in [6.45, 7) is 3.24. The minimum Gasteiger partial charge on any atom is -0.491 e. The molecule has 118 valence electrons. The molecule has 1 unspecified atom stereocenters. The summed E-state index contributed by atoms with van der Waals surface area (Å²) in [7, 11) is 0. The fourth-order valence-electron chi connectivity index (χ4n) is 3.06. The van der Waals surface area contributed by atoms with Gasteiger partial charge in [-0.1, -0.05) is 12.1 Å². The zero-order valence-electron chi connectivity index (χ0n) is 13.2. The summed E-state index contributed by atoms with van der Waals surface area (Å²) in [5, 5.41) is 0. The first-order valence-electron chi connectivity index (χ1n) is 8.19. The van der Waals surface area contributed by atoms with Crippen molar-refractivity contribution in [1.29, 1.82) is 0 Å². The second-order valence-corrected chi connectivity index (χ2v) is 6.46. The smallest absolute Gasteiger partial charge is 0.226 e. The highest BCUT2D eigenvalue weighted by Gasteiger charge is 2.36. The Balaban J connectivity index is 1.67. The second kappa shape index (κ2) is 5.69. The normalized spacial score (nSPS) is 20.4. The third-order valence-electron chi connectivity index (χ3n) is 4.62. The van der Waals surface area contributed by atoms with Gasteiger partial charge in [0.15, 0.2) is 0 Å². The van der Waals surface area contributed by atoms with Crippen LogP contribution < -0.4 is 4.74 Å². The largest absolute Gasteiger partial charge is 0.491 e. The van der Waals surface area contributed by atoms with Crippen LogP contribution in [0.4, 0.5) is 0 Å². The summed E-state index contributed by atoms with van der Waals surface area (Å²) >= 11 is 0. The van der Waals surface area contributed by atoms with E-state index in [1.807, 2.05) is 29.3 Å². The zero-order valence-corrected chi connectivity index (χ0v) is 13.2. The van der Waals surface area contributed by atoms with Gasteiger partial charge in [-0.3, -0.25) is 9.78 Å². The number of amides is 1. The third-order valence-corrected chi connectivity index (χ3v) is 4.62. The SMILES string of the molecule is CC1COc2ccc(-c3cccnc3)cc2CN1C(=O)C1CC1. The van der Waals surface area contributed by atoms with Crippen molar-refractivity contribution in [3.05, 3.63) is 48.3 Å². The Bertz CT molecular complexity index is 725. The van der Waals surface area contributed by atoms with Gasteiger partial charge in [-0.25, -0.2) is 0 Å². The van der Waals surface area contributed by atoms with Crippen LogP contribution in [0.1, 0.15) is 25.3 Å². The van der Waals surface area contributed by atoms with Gasteiger partial charge < -0.3 is 9.64 Å². The Morgan fingerprint density at radius 2 is 2.13 bits per heavy atom. The molecule has 1 aliphatic heterocycles. The van der Waals surface area contributed by atoms with Crippen molar-refractivity contribution in [1.82, 2.24) is 9.88 Å². The number of carbonyl (C=O) groups is 1. The number of rotatable bonds is 2. The van der Waals surface area contributed by atoms with Crippen LogP contribution in [0.3, 0.4) is 0 Å². The van der Waals surface area contributed by atoms with Crippen LogP contribution in [-0.2, 0) is 11.3 Å². The summed E-state index contributed by atoms with van der Waals surface area (Å²) < 4.78 is 5.92. The summed E-state index contributed by atoms with van der Waals surface area (Å²) in [4.78, 5) is 18.7. The quantitative estimate of drug-likeness (QED) is 0.855. The molecule has 1 aromatic carbocycles. The van der Waals surface area contributed by atoms with Crippen LogP contribution in [-0.4, -0.2) is 28.4 Å². The Morgan fingerprint density at radius 3 is 2.87 bits per heavy atom. The number of pyridine rings is 1. The predicted molar refractivity (Wildman–Crippen MR) is 87.9 cm³/mol. The Morgan fingerprint density at radius 1 is 1.26 bits per heavy atom. The molecule has 4 heteroatoms. The van der Waals surface area contributed by atoms with E-state index in [-0.39, 0.29) is 17.9 Å². The fraction of sp³-hybridized carbons (Fsp3) is 0.368. The lowest BCUT2D eigenvalue weighted by atomic mass is 10.0. The van der Waals surface area contributed by atoms with Gasteiger partial charge >= 0.3 is 0 Å². The van der Waals surface area contributed by atoms with E-state index in [4.69, 9.17) is 4.74 Å². The number of carbonyl (C=O) groups excluding carboxylic acids is 1. The molecule has 1 fully saturated rings. The second-order valence-electron chi connectivity index (χ2n) is 6.46. The Hall–Kier alpha value is -2.36. The van der Waals surface area contributed by atoms with Gasteiger partial charge in [0, 0.05) is 36.0 Å². The molecular weight excluding hydrogens is 288 g/mol. The number of fused-ring (bicyclic) bond motifs is 1. The van der Waals surface area contributed by atoms with Gasteiger partial charge in [-0.15, -0.1) is 0 Å². The topological polar surface area (TPSA) is 42.4 Å². The first-order chi connectivity index (χ1) is 11.2. The molecule has 2 aromatic rings. The highest BCUT2D eigenvalue weighted by molar-refractivity contribution is 5.81. The van der Waals surface area contributed by atoms with E-state index in [2.05, 4.69) is 24.0 Å². The molecule has 1 saturated carbocycles. The number of hydrogen-bond donors (Lipinski definition) is 0. The standard InChI is InChI=1S/C19H20N2O2/c1-13-12-23-18-7-6-15(16-3-2-8-20-10-16)9-17(18)11-21(13)19(22)14-4-5-14/h2-3,6-10,13-14H,4-5,11-12H2,1H3. The van der Waals surface area contributed by atoms with E-state index in [9.17, 15) is 4.79 Å². The van der Waals surface area contributed by atoms with Crippen molar-refractivity contribution in [3.63, 3.8) is 0 Å². The van der Waals surface area contributed by atoms with Crippen LogP contribution in [0.25, 0.3) is 11.1 Å². The third kappa shape index (κ3) is 2.81. The predicted octanol–water partition coefficient (Wildman–Crippen LogP) is 3.27. The Kier molecular flexibility index (Phi) is 3.52. The number of hydrogen-bond acceptors (Lipinski definition) is 3. The summed E-state index contributed by atoms with van der Waals surface area (Å²) in [5.41, 5.74) is 3.26. The van der Waals surface area contributed by atoms with E-state index in [0.29, 0.717) is 13.2 Å². The van der Waals surface area contributed by atoms with Crippen molar-refractivity contribution in [2.24, 2.45) is 5.92 Å². The van der Waals surface area contributed by atoms with Crippen molar-refractivity contribution < 1.29 is 9.53 Å². The van der Waals surface area contributed by atoms with Gasteiger partial charge in [0.1, 0.15) is 12.4 Å². The first kappa shape index (κ1) is 14.2. The molecule has 1 atom stereocenters. The van der Waals surface area contributed by atoms with Crippen molar-refractivity contribution in [3.8, 4) is 16.9 Å². The summed E-state index contributed by atoms with van der Waals surface area (Å²) in [6, 6.07) is 10.3. The highest BCUT2D eigenvalue weighted by Crippen LogP contribution is 2.35. The van der Waals surface area contributed by atoms with Gasteiger partial charge in [-0.05, 0) is 43.5 Å². The maximum Gasteiger partial charge on any atom is 0.226 e. The van der Waals surface area contributed by atoms with Crippen LogP contribution in [0.5, 0.6) is 5.75 Å². The molecule has 4 rings (SSSR count). The number of nitrogens with zero attached hydrogens (tertiary/aromatic N) is 2. The van der Waals surface area contributed by atoms with E-state index < -0.39 is 0 Å². The number of aromatic nitrogens is 1. The van der Waals surface area contributed by atoms with Crippen LogP contribution in [0, 0.1) is 5.92 Å². The van der Waals surface area contributed by atoms with Crippen LogP contribution in [0.2, 0.25) is 0 Å². The molecule has 0 bridgehead atoms. The summed E-state index contributed by atoms with van der Waals surface area (Å²) in [6.07, 6.45) is 5.69. The average molecular weight is 308 g/mol. The lowest BCUT2D eigenvalue weighted by molar-refractivity contribution is -0.135. The lowest BCUT2D eigenvalue weighted by Gasteiger charge is -2.26. The monoisotopic (exact) mass is 308 g/mol. The van der Waals surface area contributed by atoms with E-state index in [0.717, 1.165) is 35.3 Å². The molecule has 0 spiro atoms. The minimum atomic E-state index is 0.109. The molecule has 1 amide bonds. The fourth-order valence-corrected chi connectivity index (χ4v) is 3.06. The number of ether oxygens (including phenoxy) is 1. The molecule has 0 radical (unpaired) electrons. The molecule has 1 aromatic heterocycles. The van der Waals surface area contributed by atoms with E-state index in [1.54, 1.807) is 6.20 Å². The molecule has 0 N–H and O–H groups in total. The average Bonchev–Trinajstić information content (AvgIpc) is 3.43. The van der Waals surface area contributed by atoms with E-state index >= 15 is 0 Å². The molecule has 1 aliphatic carbocycles. The van der Waals surface area contributed by atoms with Gasteiger partial charge in [0.2, 0.25) is 5.91 Å². The van der Waals surface area contributed by atoms with Crippen LogP contribution >= 0.6 is 0 Å². The molecule has 23 heavy (non-hydrogen) atoms. The molecule has 2 aliphatic rings. The summed E-state index contributed by atoms with van der Waals surface area (Å²) in [5.74, 6) is 1.40. The number of benzene rings is 1. The zero-order chi connectivity index (χ0) is 15.8. The molecule has 4 nitrogen and oxygen atoms in total. The van der Waals surface area contributed by atoms with Gasteiger partial charge in [0.25, 0.3) is 0 Å². The van der Waals surface area contributed by atoms with Gasteiger partial charge in [-0.2, -0.15) is 0 Å². The minimum absolute atomic E-state index is 0.109. The van der Waals surface area contributed by atoms with Crippen molar-refractivity contribution in [2.75, 3.05) is 6.61 Å². The first-order valence-corrected chi connectivity index (χ1v) is 8.19. The highest BCUT2D eigenvalue weighted by atomic mass is 16.5. The molecule has 0 saturated heterocycles. The van der Waals surface area contributed by atoms with Gasteiger partial charge in [0.05, 0.1) is 6.04 Å². The molecule has 2 heterocycles. The van der Waals surface area contributed by atoms with E-state index in [1.165, 1.54) is 0 Å². The maximum atomic E-state index is 12.5. The van der Waals surface area contributed by atoms with Crippen molar-refractivity contribution in [2.45, 2.75) is 32.4 Å². The molecular formula is C19H20N2O2.